The van der Waals surface area contributed by atoms with E-state index in [9.17, 15) is 9.18 Å². The summed E-state index contributed by atoms with van der Waals surface area (Å²) >= 11 is 0. The average molecular weight is 521 g/mol. The summed E-state index contributed by atoms with van der Waals surface area (Å²) in [5.41, 5.74) is 0. The molecule has 1 fully saturated rings. The fraction of sp³-hybridized carbons (Fsp3) is 0.600. The molecular formula is C20H33FIN5O2. The van der Waals surface area contributed by atoms with Gasteiger partial charge < -0.3 is 20.3 Å². The van der Waals surface area contributed by atoms with Crippen LogP contribution in [0.15, 0.2) is 29.3 Å². The molecule has 1 saturated heterocycles. The Hall–Kier alpha value is -1.62. The van der Waals surface area contributed by atoms with E-state index in [1.165, 1.54) is 12.1 Å². The maximum atomic E-state index is 13.2. The lowest BCUT2D eigenvalue weighted by molar-refractivity contribution is -0.130. The smallest absolute Gasteiger partial charge is 0.219 e. The Balaban J connectivity index is 0.00000420. The number of piperazine rings is 1. The van der Waals surface area contributed by atoms with Crippen LogP contribution in [0.2, 0.25) is 0 Å². The Morgan fingerprint density at radius 3 is 2.62 bits per heavy atom. The van der Waals surface area contributed by atoms with Crippen molar-refractivity contribution in [2.45, 2.75) is 26.9 Å². The summed E-state index contributed by atoms with van der Waals surface area (Å²) in [6, 6.07) is 6.12. The Kier molecular flexibility index (Phi) is 11.9. The summed E-state index contributed by atoms with van der Waals surface area (Å²) in [6.07, 6.45) is -0.170. The summed E-state index contributed by atoms with van der Waals surface area (Å²) in [5, 5.41) is 6.55. The second-order valence-electron chi connectivity index (χ2n) is 6.88. The molecule has 2 rings (SSSR count). The van der Waals surface area contributed by atoms with Crippen molar-refractivity contribution in [3.05, 3.63) is 30.1 Å². The minimum absolute atomic E-state index is 0. The van der Waals surface area contributed by atoms with Crippen LogP contribution in [-0.4, -0.2) is 80.1 Å². The van der Waals surface area contributed by atoms with Crippen LogP contribution in [0.1, 0.15) is 20.8 Å². The maximum Gasteiger partial charge on any atom is 0.219 e. The predicted octanol–water partition coefficient (Wildman–Crippen LogP) is 1.93. The highest BCUT2D eigenvalue weighted by Gasteiger charge is 2.17. The van der Waals surface area contributed by atoms with Gasteiger partial charge >= 0.3 is 0 Å². The molecule has 164 valence electrons. The number of hydrogen-bond acceptors (Lipinski definition) is 4. The number of carbonyl (C=O) groups excluding carboxylic acids is 1. The normalized spacial score (nSPS) is 16.0. The molecule has 1 atom stereocenters. The molecule has 0 spiro atoms. The highest BCUT2D eigenvalue weighted by atomic mass is 127. The lowest BCUT2D eigenvalue weighted by Gasteiger charge is -2.34. The Labute approximate surface area is 190 Å². The lowest BCUT2D eigenvalue weighted by atomic mass is 10.3. The van der Waals surface area contributed by atoms with Gasteiger partial charge in [-0.25, -0.2) is 9.38 Å². The lowest BCUT2D eigenvalue weighted by Crippen LogP contribution is -2.50. The first-order valence-corrected chi connectivity index (χ1v) is 9.90. The highest BCUT2D eigenvalue weighted by molar-refractivity contribution is 14.0. The standard InChI is InChI=1S/C20H32FN5O2.HI/c1-4-22-20(23-8-9-25-10-12-26(13-11-25)17(3)27)24-15-16(2)28-19-7-5-6-18(21)14-19;/h5-7,14,16H,4,8-13,15H2,1-3H3,(H2,22,23,24);1H. The number of nitrogens with zero attached hydrogens (tertiary/aromatic N) is 3. The number of rotatable bonds is 8. The number of aliphatic imine (C=N–C) groups is 1. The summed E-state index contributed by atoms with van der Waals surface area (Å²) < 4.78 is 18.9. The number of halogens is 2. The molecule has 0 saturated carbocycles. The minimum Gasteiger partial charge on any atom is -0.489 e. The summed E-state index contributed by atoms with van der Waals surface area (Å²) in [4.78, 5) is 20.2. The quantitative estimate of drug-likeness (QED) is 0.311. The zero-order valence-corrected chi connectivity index (χ0v) is 19.8. The topological polar surface area (TPSA) is 69.2 Å². The number of nitrogens with one attached hydrogen (secondary N) is 2. The van der Waals surface area contributed by atoms with Crippen molar-refractivity contribution in [1.29, 1.82) is 0 Å². The number of amides is 1. The van der Waals surface area contributed by atoms with Gasteiger partial charge in [0.1, 0.15) is 17.7 Å². The maximum absolute atomic E-state index is 13.2. The van der Waals surface area contributed by atoms with Crippen molar-refractivity contribution in [3.63, 3.8) is 0 Å². The zero-order valence-electron chi connectivity index (χ0n) is 17.5. The molecule has 1 aliphatic rings. The van der Waals surface area contributed by atoms with Gasteiger partial charge in [-0.2, -0.15) is 0 Å². The number of hydrogen-bond donors (Lipinski definition) is 2. The third kappa shape index (κ3) is 9.62. The van der Waals surface area contributed by atoms with E-state index in [4.69, 9.17) is 4.74 Å². The van der Waals surface area contributed by atoms with Gasteiger partial charge in [0.25, 0.3) is 0 Å². The molecule has 9 heteroatoms. The third-order valence-corrected chi connectivity index (χ3v) is 4.52. The fourth-order valence-corrected chi connectivity index (χ4v) is 2.99. The van der Waals surface area contributed by atoms with E-state index >= 15 is 0 Å². The first-order chi connectivity index (χ1) is 13.5. The number of benzene rings is 1. The molecule has 1 amide bonds. The van der Waals surface area contributed by atoms with Crippen molar-refractivity contribution in [1.82, 2.24) is 20.4 Å². The van der Waals surface area contributed by atoms with Crippen LogP contribution in [0.3, 0.4) is 0 Å². The SMILES string of the molecule is CCNC(=NCC(C)Oc1cccc(F)c1)NCCN1CCN(C(C)=O)CC1.I. The molecule has 1 heterocycles. The fourth-order valence-electron chi connectivity index (χ4n) is 2.99. The molecule has 0 aromatic heterocycles. The van der Waals surface area contributed by atoms with Gasteiger partial charge in [-0.1, -0.05) is 6.07 Å². The summed E-state index contributed by atoms with van der Waals surface area (Å²) in [7, 11) is 0. The van der Waals surface area contributed by atoms with Crippen molar-refractivity contribution < 1.29 is 13.9 Å². The van der Waals surface area contributed by atoms with Crippen LogP contribution in [0.4, 0.5) is 4.39 Å². The molecule has 2 N–H and O–H groups in total. The Morgan fingerprint density at radius 1 is 1.28 bits per heavy atom. The van der Waals surface area contributed by atoms with Crippen molar-refractivity contribution >= 4 is 35.8 Å². The Morgan fingerprint density at radius 2 is 2.00 bits per heavy atom. The van der Waals surface area contributed by atoms with E-state index < -0.39 is 0 Å². The van der Waals surface area contributed by atoms with E-state index in [2.05, 4.69) is 20.5 Å². The molecule has 1 unspecified atom stereocenters. The second kappa shape index (κ2) is 13.6. The van der Waals surface area contributed by atoms with Gasteiger partial charge in [0, 0.05) is 58.8 Å². The zero-order chi connectivity index (χ0) is 20.4. The van der Waals surface area contributed by atoms with E-state index in [1.807, 2.05) is 18.7 Å². The van der Waals surface area contributed by atoms with Gasteiger partial charge in [0.15, 0.2) is 5.96 Å². The van der Waals surface area contributed by atoms with E-state index in [1.54, 1.807) is 19.1 Å². The molecule has 0 aliphatic carbocycles. The number of ether oxygens (including phenoxy) is 1. The number of carbonyl (C=O) groups is 1. The number of guanidine groups is 1. The molecule has 29 heavy (non-hydrogen) atoms. The van der Waals surface area contributed by atoms with E-state index in [0.717, 1.165) is 51.8 Å². The van der Waals surface area contributed by atoms with Crippen LogP contribution in [-0.2, 0) is 4.79 Å². The van der Waals surface area contributed by atoms with Gasteiger partial charge in [0.05, 0.1) is 6.54 Å². The molecule has 1 aromatic rings. The van der Waals surface area contributed by atoms with Crippen LogP contribution < -0.4 is 15.4 Å². The first kappa shape index (κ1) is 25.4. The van der Waals surface area contributed by atoms with Crippen LogP contribution in [0.25, 0.3) is 0 Å². The molecule has 0 radical (unpaired) electrons. The van der Waals surface area contributed by atoms with Gasteiger partial charge in [-0.3, -0.25) is 9.69 Å². The Bertz CT molecular complexity index is 654. The van der Waals surface area contributed by atoms with Crippen molar-refractivity contribution in [3.8, 4) is 5.75 Å². The predicted molar refractivity (Wildman–Crippen MR) is 125 cm³/mol. The van der Waals surface area contributed by atoms with E-state index in [0.29, 0.717) is 12.3 Å². The molecular weight excluding hydrogens is 488 g/mol. The molecule has 1 aliphatic heterocycles. The molecule has 1 aromatic carbocycles. The van der Waals surface area contributed by atoms with Crippen molar-refractivity contribution in [2.75, 3.05) is 52.4 Å². The van der Waals surface area contributed by atoms with Crippen LogP contribution in [0.5, 0.6) is 5.75 Å². The molecule has 7 nitrogen and oxygen atoms in total. The van der Waals surface area contributed by atoms with E-state index in [-0.39, 0.29) is 41.8 Å². The molecule has 0 bridgehead atoms. The third-order valence-electron chi connectivity index (χ3n) is 4.52. The van der Waals surface area contributed by atoms with Crippen LogP contribution in [0, 0.1) is 5.82 Å². The van der Waals surface area contributed by atoms with Gasteiger partial charge in [0.2, 0.25) is 5.91 Å². The van der Waals surface area contributed by atoms with Crippen LogP contribution >= 0.6 is 24.0 Å². The second-order valence-corrected chi connectivity index (χ2v) is 6.88. The first-order valence-electron chi connectivity index (χ1n) is 9.90. The minimum atomic E-state index is -0.313. The average Bonchev–Trinajstić information content (AvgIpc) is 2.66. The van der Waals surface area contributed by atoms with Crippen molar-refractivity contribution in [2.24, 2.45) is 4.99 Å². The van der Waals surface area contributed by atoms with Gasteiger partial charge in [-0.05, 0) is 26.0 Å². The summed E-state index contributed by atoms with van der Waals surface area (Å²) in [6.45, 7) is 11.8. The highest BCUT2D eigenvalue weighted by Crippen LogP contribution is 2.13. The van der Waals surface area contributed by atoms with Gasteiger partial charge in [-0.15, -0.1) is 24.0 Å². The monoisotopic (exact) mass is 521 g/mol. The summed E-state index contributed by atoms with van der Waals surface area (Å²) in [5.74, 6) is 1.08. The largest absolute Gasteiger partial charge is 0.489 e.